The Morgan fingerprint density at radius 2 is 1.86 bits per heavy atom. The molecule has 0 unspecified atom stereocenters. The predicted molar refractivity (Wildman–Crippen MR) is 77.3 cm³/mol. The van der Waals surface area contributed by atoms with Crippen LogP contribution < -0.4 is 5.32 Å². The van der Waals surface area contributed by atoms with E-state index in [-0.39, 0.29) is 5.91 Å². The smallest absolute Gasteiger partial charge is 0.310 e. The highest BCUT2D eigenvalue weighted by Crippen LogP contribution is 2.39. The highest BCUT2D eigenvalue weighted by molar-refractivity contribution is 5.87. The molecule has 0 aromatic rings. The first-order valence-electron chi connectivity index (χ1n) is 7.81. The minimum Gasteiger partial charge on any atom is -0.481 e. The fraction of sp³-hybridized carbons (Fsp3) is 0.733. The lowest BCUT2D eigenvalue weighted by Crippen LogP contribution is -2.43. The minimum atomic E-state index is -0.967. The van der Waals surface area contributed by atoms with Crippen LogP contribution in [0.1, 0.15) is 6.42 Å². The van der Waals surface area contributed by atoms with Crippen LogP contribution in [-0.4, -0.2) is 73.5 Å². The van der Waals surface area contributed by atoms with Gasteiger partial charge >= 0.3 is 5.97 Å². The fourth-order valence-electron chi connectivity index (χ4n) is 3.37. The van der Waals surface area contributed by atoms with Gasteiger partial charge in [0.15, 0.2) is 0 Å². The quantitative estimate of drug-likeness (QED) is 0.507. The Labute approximate surface area is 129 Å². The first kappa shape index (κ1) is 15.5. The molecule has 0 aromatic carbocycles. The van der Waals surface area contributed by atoms with Crippen LogP contribution in [0.2, 0.25) is 0 Å². The van der Waals surface area contributed by atoms with Gasteiger partial charge in [-0.3, -0.25) is 14.5 Å². The number of morpholine rings is 1. The number of nitrogens with one attached hydrogen (secondary N) is 1. The van der Waals surface area contributed by atoms with E-state index in [9.17, 15) is 14.7 Å². The summed E-state index contributed by atoms with van der Waals surface area (Å²) in [5, 5.41) is 12.1. The van der Waals surface area contributed by atoms with Gasteiger partial charge < -0.3 is 19.9 Å². The number of ether oxygens (including phenoxy) is 2. The van der Waals surface area contributed by atoms with Crippen molar-refractivity contribution >= 4 is 11.9 Å². The van der Waals surface area contributed by atoms with Crippen molar-refractivity contribution in [3.63, 3.8) is 0 Å². The number of hydrogen-bond acceptors (Lipinski definition) is 5. The van der Waals surface area contributed by atoms with Gasteiger partial charge in [0.25, 0.3) is 0 Å². The van der Waals surface area contributed by atoms with Gasteiger partial charge in [0.1, 0.15) is 5.92 Å². The van der Waals surface area contributed by atoms with Crippen molar-refractivity contribution in [1.82, 2.24) is 10.2 Å². The summed E-state index contributed by atoms with van der Waals surface area (Å²) in [6, 6.07) is 0. The van der Waals surface area contributed by atoms with Crippen LogP contribution in [0.4, 0.5) is 0 Å². The molecule has 22 heavy (non-hydrogen) atoms. The fourth-order valence-corrected chi connectivity index (χ4v) is 3.37. The number of carboxylic acids is 1. The van der Waals surface area contributed by atoms with E-state index in [4.69, 9.17) is 9.47 Å². The second kappa shape index (κ2) is 6.76. The molecule has 0 saturated carbocycles. The summed E-state index contributed by atoms with van der Waals surface area (Å²) in [4.78, 5) is 25.9. The van der Waals surface area contributed by atoms with E-state index < -0.39 is 30.0 Å². The lowest BCUT2D eigenvalue weighted by atomic mass is 9.82. The maximum Gasteiger partial charge on any atom is 0.310 e. The predicted octanol–water partition coefficient (Wildman–Crippen LogP) is -0.521. The zero-order chi connectivity index (χ0) is 15.5. The van der Waals surface area contributed by atoms with E-state index in [2.05, 4.69) is 10.2 Å². The summed E-state index contributed by atoms with van der Waals surface area (Å²) in [6.07, 6.45) is 3.52. The molecule has 7 heteroatoms. The lowest BCUT2D eigenvalue weighted by molar-refractivity contribution is -0.146. The average molecular weight is 310 g/mol. The zero-order valence-electron chi connectivity index (χ0n) is 12.4. The molecule has 3 rings (SSSR count). The number of fused-ring (bicyclic) bond motifs is 2. The van der Waals surface area contributed by atoms with Crippen molar-refractivity contribution in [3.05, 3.63) is 12.2 Å². The maximum atomic E-state index is 12.3. The number of carbonyl (C=O) groups excluding carboxylic acids is 1. The zero-order valence-corrected chi connectivity index (χ0v) is 12.4. The van der Waals surface area contributed by atoms with Crippen LogP contribution in [0.25, 0.3) is 0 Å². The van der Waals surface area contributed by atoms with Crippen LogP contribution in [0.3, 0.4) is 0 Å². The van der Waals surface area contributed by atoms with Crippen molar-refractivity contribution in [1.29, 1.82) is 0 Å². The third kappa shape index (κ3) is 3.16. The van der Waals surface area contributed by atoms with Crippen LogP contribution in [0.5, 0.6) is 0 Å². The largest absolute Gasteiger partial charge is 0.481 e. The van der Waals surface area contributed by atoms with E-state index in [0.717, 1.165) is 39.3 Å². The Morgan fingerprint density at radius 1 is 1.18 bits per heavy atom. The molecule has 0 spiro atoms. The molecule has 3 aliphatic rings. The highest BCUT2D eigenvalue weighted by Gasteiger charge is 2.53. The van der Waals surface area contributed by atoms with E-state index in [1.54, 1.807) is 12.2 Å². The van der Waals surface area contributed by atoms with Gasteiger partial charge in [0.2, 0.25) is 5.91 Å². The second-order valence-electron chi connectivity index (χ2n) is 5.94. The number of hydrogen-bond donors (Lipinski definition) is 2. The molecule has 4 atom stereocenters. The van der Waals surface area contributed by atoms with Crippen molar-refractivity contribution in [2.75, 3.05) is 39.4 Å². The summed E-state index contributed by atoms with van der Waals surface area (Å²) in [5.74, 6) is -2.57. The van der Waals surface area contributed by atoms with Crippen molar-refractivity contribution in [3.8, 4) is 0 Å². The molecule has 3 heterocycles. The number of amides is 1. The maximum absolute atomic E-state index is 12.3. The van der Waals surface area contributed by atoms with E-state index in [1.165, 1.54) is 0 Å². The van der Waals surface area contributed by atoms with Crippen molar-refractivity contribution in [2.45, 2.75) is 18.6 Å². The molecule has 2 saturated heterocycles. The molecule has 1 amide bonds. The van der Waals surface area contributed by atoms with E-state index >= 15 is 0 Å². The number of carbonyl (C=O) groups is 2. The summed E-state index contributed by atoms with van der Waals surface area (Å²) in [6.45, 7) is 4.86. The van der Waals surface area contributed by atoms with Gasteiger partial charge in [0, 0.05) is 19.6 Å². The van der Waals surface area contributed by atoms with Gasteiger partial charge in [0.05, 0.1) is 31.3 Å². The molecule has 3 aliphatic heterocycles. The molecule has 0 aromatic heterocycles. The molecule has 2 fully saturated rings. The first-order chi connectivity index (χ1) is 10.7. The average Bonchev–Trinajstić information content (AvgIpc) is 3.13. The molecular weight excluding hydrogens is 288 g/mol. The summed E-state index contributed by atoms with van der Waals surface area (Å²) < 4.78 is 10.8. The van der Waals surface area contributed by atoms with E-state index in [1.807, 2.05) is 0 Å². The number of nitrogens with zero attached hydrogens (tertiary/aromatic N) is 1. The summed E-state index contributed by atoms with van der Waals surface area (Å²) >= 11 is 0. The SMILES string of the molecule is O=C(O)[C@@H]1[C@H](C(=O)NCCCN2CCOCC2)[C@@H]2C=C[C@@H]1O2. The van der Waals surface area contributed by atoms with Crippen molar-refractivity contribution < 1.29 is 24.2 Å². The lowest BCUT2D eigenvalue weighted by Gasteiger charge is -2.26. The van der Waals surface area contributed by atoms with E-state index in [0.29, 0.717) is 6.54 Å². The van der Waals surface area contributed by atoms with Gasteiger partial charge in [-0.1, -0.05) is 12.2 Å². The van der Waals surface area contributed by atoms with Crippen LogP contribution in [0, 0.1) is 11.8 Å². The molecule has 2 bridgehead atoms. The number of aliphatic carboxylic acids is 1. The molecule has 0 radical (unpaired) electrons. The Morgan fingerprint density at radius 3 is 2.55 bits per heavy atom. The first-order valence-corrected chi connectivity index (χ1v) is 7.81. The van der Waals surface area contributed by atoms with Gasteiger partial charge in [-0.05, 0) is 13.0 Å². The van der Waals surface area contributed by atoms with Gasteiger partial charge in [-0.15, -0.1) is 0 Å². The minimum absolute atomic E-state index is 0.216. The molecule has 2 N–H and O–H groups in total. The monoisotopic (exact) mass is 310 g/mol. The Bertz CT molecular complexity index is 461. The standard InChI is InChI=1S/C15H22N2O5/c18-14(16-4-1-5-17-6-8-21-9-7-17)12-10-2-3-11(22-10)13(12)15(19)20/h2-3,10-13H,1,4-9H2,(H,16,18)(H,19,20)/t10-,11-,12+,13-/m0/s1. The second-order valence-corrected chi connectivity index (χ2v) is 5.94. The topological polar surface area (TPSA) is 88.1 Å². The molecule has 0 aliphatic carbocycles. The third-order valence-electron chi connectivity index (χ3n) is 4.54. The summed E-state index contributed by atoms with van der Waals surface area (Å²) in [7, 11) is 0. The number of rotatable bonds is 6. The number of carboxylic acid groups (broad SMARTS) is 1. The third-order valence-corrected chi connectivity index (χ3v) is 4.54. The molecule has 122 valence electrons. The van der Waals surface area contributed by atoms with Gasteiger partial charge in [-0.2, -0.15) is 0 Å². The van der Waals surface area contributed by atoms with Crippen LogP contribution in [0.15, 0.2) is 12.2 Å². The molecule has 7 nitrogen and oxygen atoms in total. The van der Waals surface area contributed by atoms with Gasteiger partial charge in [-0.25, -0.2) is 0 Å². The Hall–Kier alpha value is -1.44. The Kier molecular flexibility index (Phi) is 4.75. The van der Waals surface area contributed by atoms with Crippen LogP contribution >= 0.6 is 0 Å². The Balaban J connectivity index is 1.43. The van der Waals surface area contributed by atoms with Crippen molar-refractivity contribution in [2.24, 2.45) is 11.8 Å². The van der Waals surface area contributed by atoms with Crippen LogP contribution in [-0.2, 0) is 19.1 Å². The normalized spacial score (nSPS) is 34.0. The highest BCUT2D eigenvalue weighted by atomic mass is 16.5. The summed E-state index contributed by atoms with van der Waals surface area (Å²) in [5.41, 5.74) is 0. The molecular formula is C15H22N2O5.